The molecule has 0 bridgehead atoms. The fourth-order valence-electron chi connectivity index (χ4n) is 1.42. The second kappa shape index (κ2) is 6.45. The number of nitrogens with zero attached hydrogens (tertiary/aromatic N) is 1. The number of hydrogen-bond donors (Lipinski definition) is 1. The van der Waals surface area contributed by atoms with Crippen molar-refractivity contribution in [2.24, 2.45) is 0 Å². The molecule has 0 aliphatic heterocycles. The molecule has 0 fully saturated rings. The van der Waals surface area contributed by atoms with Gasteiger partial charge in [0.15, 0.2) is 0 Å². The van der Waals surface area contributed by atoms with E-state index in [9.17, 15) is 4.39 Å². The van der Waals surface area contributed by atoms with Gasteiger partial charge in [0.05, 0.1) is 12.3 Å². The maximum Gasteiger partial charge on any atom is 0.146 e. The van der Waals surface area contributed by atoms with E-state index in [0.717, 1.165) is 18.7 Å². The van der Waals surface area contributed by atoms with Crippen LogP contribution < -0.4 is 10.2 Å². The molecule has 0 spiro atoms. The Labute approximate surface area is 96.2 Å². The largest absolute Gasteiger partial charge is 0.383 e. The van der Waals surface area contributed by atoms with Crippen LogP contribution in [0.2, 0.25) is 0 Å². The Morgan fingerprint density at radius 2 is 2.12 bits per heavy atom. The van der Waals surface area contributed by atoms with E-state index >= 15 is 0 Å². The second-order valence-corrected chi connectivity index (χ2v) is 3.85. The first kappa shape index (κ1) is 12.9. The molecule has 0 amide bonds. The van der Waals surface area contributed by atoms with E-state index in [0.29, 0.717) is 12.3 Å². The van der Waals surface area contributed by atoms with E-state index in [-0.39, 0.29) is 5.82 Å². The highest BCUT2D eigenvalue weighted by Gasteiger charge is 2.04. The fourth-order valence-corrected chi connectivity index (χ4v) is 1.42. The number of nitrogens with one attached hydrogen (secondary N) is 1. The van der Waals surface area contributed by atoms with Gasteiger partial charge >= 0.3 is 0 Å². The monoisotopic (exact) mass is 226 g/mol. The molecule has 90 valence electrons. The first-order chi connectivity index (χ1) is 7.65. The lowest BCUT2D eigenvalue weighted by atomic mass is 10.2. The average molecular weight is 226 g/mol. The second-order valence-electron chi connectivity index (χ2n) is 3.85. The summed E-state index contributed by atoms with van der Waals surface area (Å²) >= 11 is 0. The Kier molecular flexibility index (Phi) is 5.22. The highest BCUT2D eigenvalue weighted by molar-refractivity contribution is 5.48. The van der Waals surface area contributed by atoms with Crippen LogP contribution in [0, 0.1) is 5.82 Å². The molecule has 0 heterocycles. The summed E-state index contributed by atoms with van der Waals surface area (Å²) in [4.78, 5) is 1.77. The zero-order valence-corrected chi connectivity index (χ0v) is 10.1. The van der Waals surface area contributed by atoms with Crippen LogP contribution in [-0.4, -0.2) is 34.4 Å². The van der Waals surface area contributed by atoms with Gasteiger partial charge in [0.2, 0.25) is 0 Å². The van der Waals surface area contributed by atoms with E-state index < -0.39 is 0 Å². The lowest BCUT2D eigenvalue weighted by Gasteiger charge is -2.15. The predicted octanol–water partition coefficient (Wildman–Crippen LogP) is 1.63. The molecule has 0 aliphatic rings. The van der Waals surface area contributed by atoms with Crippen LogP contribution in [0.4, 0.5) is 10.1 Å². The molecule has 0 atom stereocenters. The standard InChI is InChI=1S/C12H19FN2O/c1-15(2)12-8-10(4-5-11(12)13)9-14-6-7-16-3/h4-5,8,14H,6-7,9H2,1-3H3. The Hall–Kier alpha value is -1.13. The van der Waals surface area contributed by atoms with Gasteiger partial charge in [0, 0.05) is 34.3 Å². The molecule has 0 saturated carbocycles. The molecular weight excluding hydrogens is 207 g/mol. The van der Waals surface area contributed by atoms with Gasteiger partial charge in [0.1, 0.15) is 5.82 Å². The Balaban J connectivity index is 2.57. The van der Waals surface area contributed by atoms with Gasteiger partial charge in [-0.05, 0) is 17.7 Å². The third-order valence-electron chi connectivity index (χ3n) is 2.30. The molecule has 1 N–H and O–H groups in total. The minimum Gasteiger partial charge on any atom is -0.383 e. The molecule has 1 aromatic rings. The van der Waals surface area contributed by atoms with E-state index in [1.54, 1.807) is 18.1 Å². The first-order valence-corrected chi connectivity index (χ1v) is 5.30. The normalized spacial score (nSPS) is 10.5. The topological polar surface area (TPSA) is 24.5 Å². The smallest absolute Gasteiger partial charge is 0.146 e. The molecule has 1 rings (SSSR count). The van der Waals surface area contributed by atoms with Crippen LogP contribution in [-0.2, 0) is 11.3 Å². The van der Waals surface area contributed by atoms with Crippen molar-refractivity contribution in [3.8, 4) is 0 Å². The molecular formula is C12H19FN2O. The van der Waals surface area contributed by atoms with Crippen molar-refractivity contribution in [1.82, 2.24) is 5.32 Å². The highest BCUT2D eigenvalue weighted by Crippen LogP contribution is 2.18. The number of hydrogen-bond acceptors (Lipinski definition) is 3. The summed E-state index contributed by atoms with van der Waals surface area (Å²) in [6.07, 6.45) is 0. The molecule has 4 heteroatoms. The lowest BCUT2D eigenvalue weighted by molar-refractivity contribution is 0.199. The predicted molar refractivity (Wildman–Crippen MR) is 64.3 cm³/mol. The molecule has 1 aromatic carbocycles. The quantitative estimate of drug-likeness (QED) is 0.746. The van der Waals surface area contributed by atoms with Gasteiger partial charge < -0.3 is 15.0 Å². The van der Waals surface area contributed by atoms with Gasteiger partial charge in [0.25, 0.3) is 0 Å². The Morgan fingerprint density at radius 3 is 2.75 bits per heavy atom. The number of halogens is 1. The maximum atomic E-state index is 13.4. The number of ether oxygens (including phenoxy) is 1. The van der Waals surface area contributed by atoms with E-state index in [1.165, 1.54) is 6.07 Å². The lowest BCUT2D eigenvalue weighted by Crippen LogP contribution is -2.19. The van der Waals surface area contributed by atoms with E-state index in [4.69, 9.17) is 4.74 Å². The summed E-state index contributed by atoms with van der Waals surface area (Å²) in [5, 5.41) is 3.22. The van der Waals surface area contributed by atoms with Crippen LogP contribution in [0.25, 0.3) is 0 Å². The van der Waals surface area contributed by atoms with Crippen molar-refractivity contribution in [1.29, 1.82) is 0 Å². The van der Waals surface area contributed by atoms with Gasteiger partial charge in [-0.3, -0.25) is 0 Å². The van der Waals surface area contributed by atoms with Gasteiger partial charge in [-0.2, -0.15) is 0 Å². The molecule has 0 unspecified atom stereocenters. The van der Waals surface area contributed by atoms with Crippen molar-refractivity contribution < 1.29 is 9.13 Å². The van der Waals surface area contributed by atoms with Gasteiger partial charge in [-0.1, -0.05) is 6.07 Å². The molecule has 0 radical (unpaired) electrons. The van der Waals surface area contributed by atoms with Crippen molar-refractivity contribution in [3.63, 3.8) is 0 Å². The van der Waals surface area contributed by atoms with Crippen LogP contribution in [0.1, 0.15) is 5.56 Å². The third-order valence-corrected chi connectivity index (χ3v) is 2.30. The van der Waals surface area contributed by atoms with Crippen LogP contribution in [0.5, 0.6) is 0 Å². The van der Waals surface area contributed by atoms with E-state index in [2.05, 4.69) is 5.32 Å². The van der Waals surface area contributed by atoms with Gasteiger partial charge in [-0.15, -0.1) is 0 Å². The summed E-state index contributed by atoms with van der Waals surface area (Å²) in [6.45, 7) is 2.21. The van der Waals surface area contributed by atoms with Crippen molar-refractivity contribution in [3.05, 3.63) is 29.6 Å². The Bertz CT molecular complexity index is 329. The zero-order valence-electron chi connectivity index (χ0n) is 10.1. The number of rotatable bonds is 6. The van der Waals surface area contributed by atoms with Crippen LogP contribution in [0.15, 0.2) is 18.2 Å². The molecule has 16 heavy (non-hydrogen) atoms. The van der Waals surface area contributed by atoms with Crippen molar-refractivity contribution >= 4 is 5.69 Å². The number of benzene rings is 1. The van der Waals surface area contributed by atoms with E-state index in [1.807, 2.05) is 20.2 Å². The third kappa shape index (κ3) is 3.79. The first-order valence-electron chi connectivity index (χ1n) is 5.30. The summed E-state index contributed by atoms with van der Waals surface area (Å²) in [7, 11) is 5.34. The number of anilines is 1. The SMILES string of the molecule is COCCNCc1ccc(F)c(N(C)C)c1. The molecule has 0 aromatic heterocycles. The van der Waals surface area contributed by atoms with Crippen LogP contribution >= 0.6 is 0 Å². The minimum absolute atomic E-state index is 0.189. The summed E-state index contributed by atoms with van der Waals surface area (Å²) < 4.78 is 18.3. The molecule has 3 nitrogen and oxygen atoms in total. The summed E-state index contributed by atoms with van der Waals surface area (Å²) in [5.74, 6) is -0.189. The van der Waals surface area contributed by atoms with Gasteiger partial charge in [-0.25, -0.2) is 4.39 Å². The fraction of sp³-hybridized carbons (Fsp3) is 0.500. The highest BCUT2D eigenvalue weighted by atomic mass is 19.1. The molecule has 0 aliphatic carbocycles. The summed E-state index contributed by atoms with van der Waals surface area (Å²) in [6, 6.07) is 5.15. The van der Waals surface area contributed by atoms with Crippen molar-refractivity contribution in [2.45, 2.75) is 6.54 Å². The maximum absolute atomic E-state index is 13.4. The average Bonchev–Trinajstić information content (AvgIpc) is 2.26. The minimum atomic E-state index is -0.189. The summed E-state index contributed by atoms with van der Waals surface area (Å²) in [5.41, 5.74) is 1.69. The number of methoxy groups -OCH3 is 1. The zero-order chi connectivity index (χ0) is 12.0. The van der Waals surface area contributed by atoms with Crippen LogP contribution in [0.3, 0.4) is 0 Å². The molecule has 0 saturated heterocycles. The Morgan fingerprint density at radius 1 is 1.38 bits per heavy atom. The van der Waals surface area contributed by atoms with Crippen molar-refractivity contribution in [2.75, 3.05) is 39.3 Å².